The topological polar surface area (TPSA) is 29.5 Å². The number of carbonyl (C=O) groups is 1. The van der Waals surface area contributed by atoms with Gasteiger partial charge in [0.1, 0.15) is 5.75 Å². The summed E-state index contributed by atoms with van der Waals surface area (Å²) in [5.41, 5.74) is 1.09. The molecule has 0 saturated carbocycles. The number of halogens is 2. The van der Waals surface area contributed by atoms with Crippen molar-refractivity contribution in [1.82, 2.24) is 4.90 Å². The summed E-state index contributed by atoms with van der Waals surface area (Å²) in [5, 5.41) is 1.06. The van der Waals surface area contributed by atoms with Crippen molar-refractivity contribution in [2.45, 2.75) is 32.1 Å². The molecule has 0 atom stereocenters. The zero-order chi connectivity index (χ0) is 14.7. The minimum Gasteiger partial charge on any atom is -0.496 e. The summed E-state index contributed by atoms with van der Waals surface area (Å²) < 4.78 is 5.41. The van der Waals surface area contributed by atoms with Crippen LogP contribution in [0, 0.1) is 0 Å². The van der Waals surface area contributed by atoms with E-state index in [-0.39, 0.29) is 5.91 Å². The molecule has 1 fully saturated rings. The molecule has 1 aromatic rings. The summed E-state index contributed by atoms with van der Waals surface area (Å²) in [6.45, 7) is 3.48. The van der Waals surface area contributed by atoms with Crippen LogP contribution in [0.5, 0.6) is 5.75 Å². The van der Waals surface area contributed by atoms with E-state index in [1.807, 2.05) is 17.9 Å². The van der Waals surface area contributed by atoms with Gasteiger partial charge in [0.25, 0.3) is 0 Å². The molecule has 3 nitrogen and oxygen atoms in total. The molecule has 5 heteroatoms. The highest BCUT2D eigenvalue weighted by molar-refractivity contribution is 6.42. The SMILES string of the molecule is CCC(=O)N1CCC(c2cc(Cl)c(Cl)cc2OC)CC1. The zero-order valence-electron chi connectivity index (χ0n) is 11.8. The maximum absolute atomic E-state index is 11.7. The van der Waals surface area contributed by atoms with Crippen LogP contribution in [0.3, 0.4) is 0 Å². The molecule has 0 radical (unpaired) electrons. The Morgan fingerprint density at radius 2 is 1.90 bits per heavy atom. The van der Waals surface area contributed by atoms with Gasteiger partial charge >= 0.3 is 0 Å². The Kier molecular flexibility index (Phi) is 5.17. The molecule has 2 rings (SSSR count). The van der Waals surface area contributed by atoms with E-state index < -0.39 is 0 Å². The number of nitrogens with zero attached hydrogens (tertiary/aromatic N) is 1. The van der Waals surface area contributed by atoms with Crippen LogP contribution in [0.4, 0.5) is 0 Å². The molecule has 0 aliphatic carbocycles. The smallest absolute Gasteiger partial charge is 0.222 e. The standard InChI is InChI=1S/C15H19Cl2NO2/c1-3-15(19)18-6-4-10(5-7-18)11-8-12(16)13(17)9-14(11)20-2/h8-10H,3-7H2,1-2H3. The van der Waals surface area contributed by atoms with E-state index in [0.29, 0.717) is 22.4 Å². The lowest BCUT2D eigenvalue weighted by Crippen LogP contribution is -2.37. The lowest BCUT2D eigenvalue weighted by Gasteiger charge is -2.32. The molecule has 0 unspecified atom stereocenters. The monoisotopic (exact) mass is 315 g/mol. The Morgan fingerprint density at radius 3 is 2.45 bits per heavy atom. The van der Waals surface area contributed by atoms with Crippen LogP contribution in [0.25, 0.3) is 0 Å². The fourth-order valence-electron chi connectivity index (χ4n) is 2.70. The minimum absolute atomic E-state index is 0.226. The molecule has 0 spiro atoms. The van der Waals surface area contributed by atoms with E-state index in [4.69, 9.17) is 27.9 Å². The quantitative estimate of drug-likeness (QED) is 0.839. The first kappa shape index (κ1) is 15.5. The van der Waals surface area contributed by atoms with E-state index in [0.717, 1.165) is 37.2 Å². The maximum atomic E-state index is 11.7. The molecule has 1 aliphatic rings. The first-order valence-corrected chi connectivity index (χ1v) is 7.63. The average molecular weight is 316 g/mol. The fraction of sp³-hybridized carbons (Fsp3) is 0.533. The molecule has 110 valence electrons. The predicted octanol–water partition coefficient (Wildman–Crippen LogP) is 4.12. The number of hydrogen-bond acceptors (Lipinski definition) is 2. The lowest BCUT2D eigenvalue weighted by atomic mass is 9.88. The van der Waals surface area contributed by atoms with Crippen molar-refractivity contribution in [1.29, 1.82) is 0 Å². The van der Waals surface area contributed by atoms with Crippen LogP contribution in [0.1, 0.15) is 37.7 Å². The molecular weight excluding hydrogens is 297 g/mol. The molecule has 0 bridgehead atoms. The number of piperidine rings is 1. The summed E-state index contributed by atoms with van der Waals surface area (Å²) >= 11 is 12.1. The highest BCUT2D eigenvalue weighted by Gasteiger charge is 2.25. The number of methoxy groups -OCH3 is 1. The van der Waals surface area contributed by atoms with Gasteiger partial charge in [0.05, 0.1) is 17.2 Å². The van der Waals surface area contributed by atoms with Gasteiger partial charge in [-0.05, 0) is 30.4 Å². The molecular formula is C15H19Cl2NO2. The Morgan fingerprint density at radius 1 is 1.30 bits per heavy atom. The summed E-state index contributed by atoms with van der Waals surface area (Å²) in [6, 6.07) is 3.66. The Hall–Kier alpha value is -0.930. The summed E-state index contributed by atoms with van der Waals surface area (Å²) in [6.07, 6.45) is 2.43. The normalized spacial score (nSPS) is 16.3. The zero-order valence-corrected chi connectivity index (χ0v) is 13.3. The summed E-state index contributed by atoms with van der Waals surface area (Å²) in [4.78, 5) is 13.6. The van der Waals surface area contributed by atoms with Crippen LogP contribution in [-0.2, 0) is 4.79 Å². The highest BCUT2D eigenvalue weighted by Crippen LogP contribution is 2.39. The molecule has 1 aromatic carbocycles. The maximum Gasteiger partial charge on any atom is 0.222 e. The third-order valence-corrected chi connectivity index (χ3v) is 4.58. The molecule has 1 aliphatic heterocycles. The van der Waals surface area contributed by atoms with Crippen LogP contribution in [-0.4, -0.2) is 31.0 Å². The second kappa shape index (κ2) is 6.68. The van der Waals surface area contributed by atoms with E-state index in [1.54, 1.807) is 13.2 Å². The van der Waals surface area contributed by atoms with Gasteiger partial charge in [0.15, 0.2) is 0 Å². The molecule has 0 N–H and O–H groups in total. The minimum atomic E-state index is 0.226. The van der Waals surface area contributed by atoms with Gasteiger partial charge in [0, 0.05) is 25.6 Å². The van der Waals surface area contributed by atoms with Crippen molar-refractivity contribution in [2.75, 3.05) is 20.2 Å². The Balaban J connectivity index is 2.14. The number of benzene rings is 1. The van der Waals surface area contributed by atoms with Gasteiger partial charge < -0.3 is 9.64 Å². The summed E-state index contributed by atoms with van der Waals surface area (Å²) in [5.74, 6) is 1.37. The third-order valence-electron chi connectivity index (χ3n) is 3.86. The van der Waals surface area contributed by atoms with Crippen molar-refractivity contribution >= 4 is 29.1 Å². The number of amides is 1. The number of rotatable bonds is 3. The van der Waals surface area contributed by atoms with Crippen molar-refractivity contribution < 1.29 is 9.53 Å². The lowest BCUT2D eigenvalue weighted by molar-refractivity contribution is -0.131. The molecule has 1 amide bonds. The first-order valence-electron chi connectivity index (χ1n) is 6.87. The van der Waals surface area contributed by atoms with E-state index >= 15 is 0 Å². The van der Waals surface area contributed by atoms with Gasteiger partial charge in [-0.2, -0.15) is 0 Å². The largest absolute Gasteiger partial charge is 0.496 e. The summed E-state index contributed by atoms with van der Waals surface area (Å²) in [7, 11) is 1.64. The number of hydrogen-bond donors (Lipinski definition) is 0. The highest BCUT2D eigenvalue weighted by atomic mass is 35.5. The second-order valence-corrected chi connectivity index (χ2v) is 5.83. The van der Waals surface area contributed by atoms with E-state index in [1.165, 1.54) is 0 Å². The van der Waals surface area contributed by atoms with E-state index in [9.17, 15) is 4.79 Å². The van der Waals surface area contributed by atoms with Gasteiger partial charge in [0.2, 0.25) is 5.91 Å². The van der Waals surface area contributed by atoms with Gasteiger partial charge in [-0.25, -0.2) is 0 Å². The van der Waals surface area contributed by atoms with Crippen LogP contribution in [0.15, 0.2) is 12.1 Å². The first-order chi connectivity index (χ1) is 9.56. The van der Waals surface area contributed by atoms with Gasteiger partial charge in [-0.1, -0.05) is 30.1 Å². The molecule has 1 heterocycles. The van der Waals surface area contributed by atoms with Crippen molar-refractivity contribution in [3.8, 4) is 5.75 Å². The molecule has 0 aromatic heterocycles. The number of likely N-dealkylation sites (tertiary alicyclic amines) is 1. The Labute approximate surface area is 129 Å². The van der Waals surface area contributed by atoms with Crippen molar-refractivity contribution in [3.63, 3.8) is 0 Å². The molecule has 1 saturated heterocycles. The van der Waals surface area contributed by atoms with Crippen LogP contribution >= 0.6 is 23.2 Å². The van der Waals surface area contributed by atoms with E-state index in [2.05, 4.69) is 0 Å². The third kappa shape index (κ3) is 3.21. The average Bonchev–Trinajstić information content (AvgIpc) is 2.49. The molecule has 20 heavy (non-hydrogen) atoms. The number of carbonyl (C=O) groups excluding carboxylic acids is 1. The van der Waals surface area contributed by atoms with Crippen LogP contribution < -0.4 is 4.74 Å². The predicted molar refractivity (Wildman–Crippen MR) is 81.9 cm³/mol. The Bertz CT molecular complexity index is 497. The number of ether oxygens (including phenoxy) is 1. The fourth-order valence-corrected chi connectivity index (χ4v) is 3.03. The van der Waals surface area contributed by atoms with Gasteiger partial charge in [-0.3, -0.25) is 4.79 Å². The van der Waals surface area contributed by atoms with Gasteiger partial charge in [-0.15, -0.1) is 0 Å². The van der Waals surface area contributed by atoms with Crippen molar-refractivity contribution in [2.24, 2.45) is 0 Å². The van der Waals surface area contributed by atoms with Crippen LogP contribution in [0.2, 0.25) is 10.0 Å². The second-order valence-electron chi connectivity index (χ2n) is 5.02. The van der Waals surface area contributed by atoms with Crippen molar-refractivity contribution in [3.05, 3.63) is 27.7 Å².